The van der Waals surface area contributed by atoms with Gasteiger partial charge in [0.15, 0.2) is 0 Å². The highest BCUT2D eigenvalue weighted by atomic mass is 35.5. The fraction of sp³-hybridized carbons (Fsp3) is 0.381. The van der Waals surface area contributed by atoms with Crippen molar-refractivity contribution in [1.29, 1.82) is 0 Å². The number of sulfonamides is 1. The van der Waals surface area contributed by atoms with Crippen molar-refractivity contribution >= 4 is 27.5 Å². The summed E-state index contributed by atoms with van der Waals surface area (Å²) >= 11 is 6.11. The number of halogens is 1. The van der Waals surface area contributed by atoms with Crippen LogP contribution < -0.4 is 5.32 Å². The summed E-state index contributed by atoms with van der Waals surface area (Å²) in [6.07, 6.45) is 1.06. The van der Waals surface area contributed by atoms with E-state index >= 15 is 0 Å². The normalized spacial score (nSPS) is 16.1. The molecule has 150 valence electrons. The van der Waals surface area contributed by atoms with Crippen LogP contribution in [0.2, 0.25) is 5.02 Å². The number of hydrogen-bond donors (Lipinski definition) is 1. The average molecular weight is 421 g/mol. The van der Waals surface area contributed by atoms with E-state index in [9.17, 15) is 13.2 Å². The van der Waals surface area contributed by atoms with Gasteiger partial charge in [0, 0.05) is 30.6 Å². The maximum Gasteiger partial charge on any atom is 0.223 e. The number of piperidine rings is 1. The lowest BCUT2D eigenvalue weighted by atomic mass is 9.97. The number of hydrogen-bond acceptors (Lipinski definition) is 3. The van der Waals surface area contributed by atoms with E-state index in [0.717, 1.165) is 16.7 Å². The molecule has 28 heavy (non-hydrogen) atoms. The second-order valence-electron chi connectivity index (χ2n) is 7.22. The molecule has 2 aromatic carbocycles. The van der Waals surface area contributed by atoms with Crippen LogP contribution in [0.5, 0.6) is 0 Å². The molecule has 0 radical (unpaired) electrons. The lowest BCUT2D eigenvalue weighted by molar-refractivity contribution is -0.126. The molecule has 0 aliphatic carbocycles. The van der Waals surface area contributed by atoms with Crippen LogP contribution in [-0.2, 0) is 27.1 Å². The van der Waals surface area contributed by atoms with Crippen molar-refractivity contribution < 1.29 is 13.2 Å². The summed E-state index contributed by atoms with van der Waals surface area (Å²) in [4.78, 5) is 12.4. The Kier molecular flexibility index (Phi) is 6.75. The van der Waals surface area contributed by atoms with E-state index in [1.807, 2.05) is 49.4 Å². The summed E-state index contributed by atoms with van der Waals surface area (Å²) in [6.45, 7) is 3.10. The highest BCUT2D eigenvalue weighted by Gasteiger charge is 2.31. The van der Waals surface area contributed by atoms with Crippen molar-refractivity contribution in [1.82, 2.24) is 9.62 Å². The summed E-state index contributed by atoms with van der Waals surface area (Å²) in [6, 6.07) is 14.9. The molecule has 0 atom stereocenters. The molecule has 1 fully saturated rings. The molecule has 0 bridgehead atoms. The number of rotatable bonds is 6. The number of nitrogens with one attached hydrogen (secondary N) is 1. The van der Waals surface area contributed by atoms with Crippen LogP contribution in [-0.4, -0.2) is 31.7 Å². The third-order valence-electron chi connectivity index (χ3n) is 5.10. The Balaban J connectivity index is 1.51. The molecule has 7 heteroatoms. The van der Waals surface area contributed by atoms with E-state index in [1.54, 1.807) is 6.07 Å². The van der Waals surface area contributed by atoms with Gasteiger partial charge >= 0.3 is 0 Å². The molecular formula is C21H25ClN2O3S. The van der Waals surface area contributed by atoms with E-state index in [0.29, 0.717) is 37.5 Å². The Bertz CT molecular complexity index is 921. The Hall–Kier alpha value is -1.89. The van der Waals surface area contributed by atoms with Gasteiger partial charge in [0.1, 0.15) is 0 Å². The van der Waals surface area contributed by atoms with E-state index in [1.165, 1.54) is 4.31 Å². The summed E-state index contributed by atoms with van der Waals surface area (Å²) in [5.41, 5.74) is 2.76. The number of benzene rings is 2. The van der Waals surface area contributed by atoms with E-state index in [2.05, 4.69) is 5.32 Å². The van der Waals surface area contributed by atoms with Crippen molar-refractivity contribution in [2.75, 3.05) is 13.1 Å². The molecular weight excluding hydrogens is 396 g/mol. The molecule has 0 spiro atoms. The molecule has 0 saturated carbocycles. The van der Waals surface area contributed by atoms with Crippen molar-refractivity contribution in [3.05, 3.63) is 70.2 Å². The van der Waals surface area contributed by atoms with Gasteiger partial charge in [0.25, 0.3) is 0 Å². The molecule has 1 aliphatic heterocycles. The van der Waals surface area contributed by atoms with Gasteiger partial charge in [-0.05, 0) is 37.0 Å². The molecule has 2 aromatic rings. The highest BCUT2D eigenvalue weighted by molar-refractivity contribution is 7.88. The minimum Gasteiger partial charge on any atom is -0.352 e. The quantitative estimate of drug-likeness (QED) is 0.777. The molecule has 1 amide bonds. The highest BCUT2D eigenvalue weighted by Crippen LogP contribution is 2.22. The van der Waals surface area contributed by atoms with Crippen LogP contribution in [0.4, 0.5) is 0 Å². The molecule has 1 aliphatic rings. The van der Waals surface area contributed by atoms with Crippen LogP contribution in [0.25, 0.3) is 0 Å². The molecule has 3 rings (SSSR count). The average Bonchev–Trinajstić information content (AvgIpc) is 2.69. The topological polar surface area (TPSA) is 66.5 Å². The second-order valence-corrected chi connectivity index (χ2v) is 9.60. The molecule has 0 unspecified atom stereocenters. The maximum atomic E-state index is 12.7. The number of amides is 1. The summed E-state index contributed by atoms with van der Waals surface area (Å²) in [5, 5.41) is 3.54. The first kappa shape index (κ1) is 20.8. The summed E-state index contributed by atoms with van der Waals surface area (Å²) in [5.74, 6) is -0.222. The zero-order valence-electron chi connectivity index (χ0n) is 15.9. The van der Waals surface area contributed by atoms with Gasteiger partial charge in [-0.25, -0.2) is 12.7 Å². The lowest BCUT2D eigenvalue weighted by Gasteiger charge is -2.30. The van der Waals surface area contributed by atoms with Crippen molar-refractivity contribution in [2.45, 2.75) is 32.1 Å². The van der Waals surface area contributed by atoms with Gasteiger partial charge in [-0.15, -0.1) is 0 Å². The third-order valence-corrected chi connectivity index (χ3v) is 7.32. The van der Waals surface area contributed by atoms with Crippen LogP contribution in [0.3, 0.4) is 0 Å². The molecule has 0 aromatic heterocycles. The Labute approximate surface area is 171 Å². The number of carbonyl (C=O) groups excluding carboxylic acids is 1. The third kappa shape index (κ3) is 5.34. The first-order chi connectivity index (χ1) is 13.3. The fourth-order valence-corrected chi connectivity index (χ4v) is 5.12. The van der Waals surface area contributed by atoms with Gasteiger partial charge in [-0.1, -0.05) is 59.6 Å². The first-order valence-corrected chi connectivity index (χ1v) is 11.4. The van der Waals surface area contributed by atoms with Crippen molar-refractivity contribution in [3.8, 4) is 0 Å². The SMILES string of the molecule is Cc1ccc(CS(=O)(=O)N2CCC(C(=O)NCc3ccccc3Cl)CC2)cc1. The van der Waals surface area contributed by atoms with Gasteiger partial charge in [-0.2, -0.15) is 0 Å². The lowest BCUT2D eigenvalue weighted by Crippen LogP contribution is -2.43. The second kappa shape index (κ2) is 9.07. The van der Waals surface area contributed by atoms with Crippen LogP contribution in [0.15, 0.2) is 48.5 Å². The van der Waals surface area contributed by atoms with Crippen LogP contribution in [0, 0.1) is 12.8 Å². The van der Waals surface area contributed by atoms with Gasteiger partial charge in [0.05, 0.1) is 5.75 Å². The van der Waals surface area contributed by atoms with Gasteiger partial charge < -0.3 is 5.32 Å². The monoisotopic (exact) mass is 420 g/mol. The van der Waals surface area contributed by atoms with Crippen molar-refractivity contribution in [2.24, 2.45) is 5.92 Å². The first-order valence-electron chi connectivity index (χ1n) is 9.39. The van der Waals surface area contributed by atoms with Crippen molar-refractivity contribution in [3.63, 3.8) is 0 Å². The molecule has 1 heterocycles. The fourth-order valence-electron chi connectivity index (χ4n) is 3.35. The minimum absolute atomic E-state index is 0.00332. The largest absolute Gasteiger partial charge is 0.352 e. The summed E-state index contributed by atoms with van der Waals surface area (Å²) < 4.78 is 26.9. The van der Waals surface area contributed by atoms with E-state index in [4.69, 9.17) is 11.6 Å². The van der Waals surface area contributed by atoms with Gasteiger partial charge in [0.2, 0.25) is 15.9 Å². The Morgan fingerprint density at radius 3 is 2.39 bits per heavy atom. The standard InChI is InChI=1S/C21H25ClN2O3S/c1-16-6-8-17(9-7-16)15-28(26,27)24-12-10-18(11-13-24)21(25)23-14-19-4-2-3-5-20(19)22/h2-9,18H,10-15H2,1H3,(H,23,25). The maximum absolute atomic E-state index is 12.7. The van der Waals surface area contributed by atoms with Crippen LogP contribution in [0.1, 0.15) is 29.5 Å². The molecule has 1 N–H and O–H groups in total. The molecule has 1 saturated heterocycles. The predicted octanol–water partition coefficient (Wildman–Crippen LogP) is 3.51. The summed E-state index contributed by atoms with van der Waals surface area (Å²) in [7, 11) is -3.38. The van der Waals surface area contributed by atoms with Crippen LogP contribution >= 0.6 is 11.6 Å². The van der Waals surface area contributed by atoms with Gasteiger partial charge in [-0.3, -0.25) is 4.79 Å². The zero-order valence-corrected chi connectivity index (χ0v) is 17.5. The number of nitrogens with zero attached hydrogens (tertiary/aromatic N) is 1. The van der Waals surface area contributed by atoms with E-state index < -0.39 is 10.0 Å². The number of aryl methyl sites for hydroxylation is 1. The predicted molar refractivity (Wildman–Crippen MR) is 111 cm³/mol. The smallest absolute Gasteiger partial charge is 0.223 e. The van der Waals surface area contributed by atoms with E-state index in [-0.39, 0.29) is 17.6 Å². The molecule has 5 nitrogen and oxygen atoms in total. The number of carbonyl (C=O) groups is 1. The Morgan fingerprint density at radius 1 is 1.11 bits per heavy atom. The minimum atomic E-state index is -3.38. The zero-order chi connectivity index (χ0) is 20.1. The Morgan fingerprint density at radius 2 is 1.75 bits per heavy atom.